The lowest BCUT2D eigenvalue weighted by molar-refractivity contribution is -0.122. The highest BCUT2D eigenvalue weighted by Crippen LogP contribution is 2.60. The zero-order valence-corrected chi connectivity index (χ0v) is 14.0. The van der Waals surface area contributed by atoms with Crippen LogP contribution in [0.3, 0.4) is 0 Å². The average molecular weight is 328 g/mol. The van der Waals surface area contributed by atoms with Gasteiger partial charge >= 0.3 is 0 Å². The van der Waals surface area contributed by atoms with E-state index in [1.54, 1.807) is 11.3 Å². The maximum Gasteiger partial charge on any atom is 0.224 e. The summed E-state index contributed by atoms with van der Waals surface area (Å²) in [4.78, 5) is 18.1. The number of para-hydroxylation sites is 1. The highest BCUT2D eigenvalue weighted by molar-refractivity contribution is 7.11. The Morgan fingerprint density at radius 1 is 1.48 bits per heavy atom. The van der Waals surface area contributed by atoms with Crippen LogP contribution in [0.2, 0.25) is 0 Å². The first-order valence-corrected chi connectivity index (χ1v) is 8.92. The molecule has 2 aromatic rings. The van der Waals surface area contributed by atoms with E-state index in [2.05, 4.69) is 23.3 Å². The third kappa shape index (κ3) is 2.63. The van der Waals surface area contributed by atoms with E-state index in [1.807, 2.05) is 24.4 Å². The van der Waals surface area contributed by atoms with E-state index in [0.29, 0.717) is 13.2 Å². The monoisotopic (exact) mass is 328 g/mol. The first-order chi connectivity index (χ1) is 11.2. The van der Waals surface area contributed by atoms with E-state index < -0.39 is 0 Å². The number of amides is 1. The van der Waals surface area contributed by atoms with Crippen LogP contribution in [0, 0.1) is 12.8 Å². The SMILES string of the molecule is Cc1cnc(CCNC(=O)[C@H]2C[C@@]23CCOc2ccccc23)s1. The van der Waals surface area contributed by atoms with Gasteiger partial charge in [0.1, 0.15) is 5.75 Å². The third-order valence-corrected chi connectivity index (χ3v) is 5.90. The third-order valence-electron chi connectivity index (χ3n) is 4.93. The van der Waals surface area contributed by atoms with E-state index in [-0.39, 0.29) is 17.2 Å². The lowest BCUT2D eigenvalue weighted by Gasteiger charge is -2.26. The zero-order valence-electron chi connectivity index (χ0n) is 13.2. The first kappa shape index (κ1) is 14.7. The summed E-state index contributed by atoms with van der Waals surface area (Å²) in [5.41, 5.74) is 1.22. The summed E-state index contributed by atoms with van der Waals surface area (Å²) in [6.45, 7) is 3.42. The maximum atomic E-state index is 12.5. The number of aromatic nitrogens is 1. The topological polar surface area (TPSA) is 51.2 Å². The molecule has 0 saturated heterocycles. The molecule has 1 N–H and O–H groups in total. The lowest BCUT2D eigenvalue weighted by atomic mass is 9.87. The molecule has 4 rings (SSSR count). The Labute approximate surface area is 139 Å². The van der Waals surface area contributed by atoms with Gasteiger partial charge in [0.25, 0.3) is 0 Å². The molecule has 0 bridgehead atoms. The Morgan fingerprint density at radius 3 is 3.17 bits per heavy atom. The van der Waals surface area contributed by atoms with Gasteiger partial charge in [-0.05, 0) is 25.8 Å². The predicted molar refractivity (Wildman–Crippen MR) is 89.9 cm³/mol. The van der Waals surface area contributed by atoms with Crippen LogP contribution < -0.4 is 10.1 Å². The number of fused-ring (bicyclic) bond motifs is 2. The van der Waals surface area contributed by atoms with Crippen molar-refractivity contribution in [1.82, 2.24) is 10.3 Å². The number of hydrogen-bond donors (Lipinski definition) is 1. The van der Waals surface area contributed by atoms with Crippen molar-refractivity contribution in [3.63, 3.8) is 0 Å². The van der Waals surface area contributed by atoms with Crippen LogP contribution in [0.15, 0.2) is 30.5 Å². The molecule has 0 unspecified atom stereocenters. The summed E-state index contributed by atoms with van der Waals surface area (Å²) in [6, 6.07) is 8.15. The van der Waals surface area contributed by atoms with Crippen LogP contribution in [-0.4, -0.2) is 24.0 Å². The summed E-state index contributed by atoms with van der Waals surface area (Å²) in [7, 11) is 0. The van der Waals surface area contributed by atoms with E-state index in [1.165, 1.54) is 10.4 Å². The van der Waals surface area contributed by atoms with Gasteiger partial charge in [0, 0.05) is 40.9 Å². The summed E-state index contributed by atoms with van der Waals surface area (Å²) in [6.07, 6.45) is 4.57. The first-order valence-electron chi connectivity index (χ1n) is 8.10. The van der Waals surface area contributed by atoms with Crippen molar-refractivity contribution in [1.29, 1.82) is 0 Å². The van der Waals surface area contributed by atoms with Gasteiger partial charge in [0.05, 0.1) is 11.6 Å². The Morgan fingerprint density at radius 2 is 2.35 bits per heavy atom. The fraction of sp³-hybridized carbons (Fsp3) is 0.444. The van der Waals surface area contributed by atoms with Crippen molar-refractivity contribution in [3.05, 3.63) is 45.9 Å². The van der Waals surface area contributed by atoms with E-state index in [0.717, 1.165) is 30.0 Å². The fourth-order valence-electron chi connectivity index (χ4n) is 3.64. The fourth-order valence-corrected chi connectivity index (χ4v) is 4.42. The highest BCUT2D eigenvalue weighted by atomic mass is 32.1. The molecule has 1 aliphatic carbocycles. The molecule has 2 heterocycles. The van der Waals surface area contributed by atoms with Crippen molar-refractivity contribution in [2.75, 3.05) is 13.2 Å². The van der Waals surface area contributed by atoms with E-state index >= 15 is 0 Å². The number of carbonyl (C=O) groups excluding carboxylic acids is 1. The molecule has 1 fully saturated rings. The predicted octanol–water partition coefficient (Wildman–Crippen LogP) is 2.85. The van der Waals surface area contributed by atoms with Gasteiger partial charge in [-0.3, -0.25) is 4.79 Å². The number of ether oxygens (including phenoxy) is 1. The number of rotatable bonds is 4. The van der Waals surface area contributed by atoms with Gasteiger partial charge in [0.2, 0.25) is 5.91 Å². The molecule has 1 saturated carbocycles. The highest BCUT2D eigenvalue weighted by Gasteiger charge is 2.60. The van der Waals surface area contributed by atoms with Gasteiger partial charge in [-0.25, -0.2) is 4.98 Å². The molecule has 2 atom stereocenters. The number of thiazole rings is 1. The van der Waals surface area contributed by atoms with Crippen molar-refractivity contribution in [2.45, 2.75) is 31.6 Å². The second-order valence-electron chi connectivity index (χ2n) is 6.41. The van der Waals surface area contributed by atoms with Gasteiger partial charge in [-0.2, -0.15) is 0 Å². The van der Waals surface area contributed by atoms with E-state index in [4.69, 9.17) is 4.74 Å². The summed E-state index contributed by atoms with van der Waals surface area (Å²) in [5.74, 6) is 1.22. The molecule has 1 spiro atoms. The molecule has 0 radical (unpaired) electrons. The van der Waals surface area contributed by atoms with Gasteiger partial charge in [0.15, 0.2) is 0 Å². The molecule has 4 nitrogen and oxygen atoms in total. The number of carbonyl (C=O) groups is 1. The van der Waals surface area contributed by atoms with Crippen LogP contribution in [0.4, 0.5) is 0 Å². The molecular weight excluding hydrogens is 308 g/mol. The minimum Gasteiger partial charge on any atom is -0.493 e. The zero-order chi connectivity index (χ0) is 15.9. The molecule has 5 heteroatoms. The standard InChI is InChI=1S/C18H20N2O2S/c1-12-11-20-16(23-12)6-8-19-17(21)14-10-18(14)7-9-22-15-5-3-2-4-13(15)18/h2-5,11,14H,6-10H2,1H3,(H,19,21)/t14-,18-/m1/s1. The number of aryl methyl sites for hydroxylation is 1. The molecule has 1 amide bonds. The van der Waals surface area contributed by atoms with Crippen LogP contribution in [0.1, 0.15) is 28.3 Å². The minimum atomic E-state index is 0.0106. The van der Waals surface area contributed by atoms with Crippen LogP contribution in [0.5, 0.6) is 5.75 Å². The normalized spacial score (nSPS) is 24.8. The van der Waals surface area contributed by atoms with Gasteiger partial charge in [-0.1, -0.05) is 18.2 Å². The van der Waals surface area contributed by atoms with Crippen molar-refractivity contribution >= 4 is 17.2 Å². The second-order valence-corrected chi connectivity index (χ2v) is 7.73. The molecule has 1 aromatic heterocycles. The van der Waals surface area contributed by atoms with E-state index in [9.17, 15) is 4.79 Å². The Bertz CT molecular complexity index is 742. The summed E-state index contributed by atoms with van der Waals surface area (Å²) in [5, 5.41) is 4.18. The van der Waals surface area contributed by atoms with Crippen molar-refractivity contribution in [2.24, 2.45) is 5.92 Å². The van der Waals surface area contributed by atoms with Gasteiger partial charge < -0.3 is 10.1 Å². The van der Waals surface area contributed by atoms with Gasteiger partial charge in [-0.15, -0.1) is 11.3 Å². The molecule has 1 aliphatic heterocycles. The quantitative estimate of drug-likeness (QED) is 0.939. The average Bonchev–Trinajstić information content (AvgIpc) is 3.12. The molecular formula is C18H20N2O2S. The maximum absolute atomic E-state index is 12.5. The molecule has 1 aromatic carbocycles. The lowest BCUT2D eigenvalue weighted by Crippen LogP contribution is -2.32. The molecule has 2 aliphatic rings. The minimum absolute atomic E-state index is 0.0106. The number of hydrogen-bond acceptors (Lipinski definition) is 4. The van der Waals surface area contributed by atoms with Crippen molar-refractivity contribution in [3.8, 4) is 5.75 Å². The Balaban J connectivity index is 1.38. The smallest absolute Gasteiger partial charge is 0.224 e. The Kier molecular flexibility index (Phi) is 3.60. The van der Waals surface area contributed by atoms with Crippen LogP contribution in [-0.2, 0) is 16.6 Å². The molecule has 120 valence electrons. The number of benzene rings is 1. The van der Waals surface area contributed by atoms with Crippen molar-refractivity contribution < 1.29 is 9.53 Å². The van der Waals surface area contributed by atoms with Crippen LogP contribution >= 0.6 is 11.3 Å². The summed E-state index contributed by atoms with van der Waals surface area (Å²) >= 11 is 1.70. The number of nitrogens with zero attached hydrogens (tertiary/aromatic N) is 1. The summed E-state index contributed by atoms with van der Waals surface area (Å²) < 4.78 is 5.73. The second kappa shape index (κ2) is 5.64. The van der Waals surface area contributed by atoms with Crippen LogP contribution in [0.25, 0.3) is 0 Å². The number of nitrogens with one attached hydrogen (secondary N) is 1. The molecule has 23 heavy (non-hydrogen) atoms. The Hall–Kier alpha value is -1.88. The largest absolute Gasteiger partial charge is 0.493 e.